The molecule has 146 valence electrons. The van der Waals surface area contributed by atoms with E-state index < -0.39 is 21.8 Å². The van der Waals surface area contributed by atoms with Gasteiger partial charge in [0.05, 0.1) is 10.5 Å². The Bertz CT molecular complexity index is 651. The van der Waals surface area contributed by atoms with Gasteiger partial charge in [-0.05, 0) is 30.7 Å². The van der Waals surface area contributed by atoms with E-state index in [4.69, 9.17) is 0 Å². The fraction of sp³-hybridized carbons (Fsp3) is 0.571. The molecule has 1 heterocycles. The maximum Gasteiger partial charge on any atom is 0.416 e. The van der Waals surface area contributed by atoms with Crippen molar-refractivity contribution in [1.82, 2.24) is 14.9 Å². The number of hydrogen-bond acceptors (Lipinski definition) is 4. The first-order chi connectivity index (χ1) is 10.7. The first-order valence-corrected chi connectivity index (χ1v) is 8.79. The van der Waals surface area contributed by atoms with Gasteiger partial charge in [-0.2, -0.15) is 13.2 Å². The van der Waals surface area contributed by atoms with Crippen molar-refractivity contribution < 1.29 is 21.6 Å². The van der Waals surface area contributed by atoms with Crippen molar-refractivity contribution in [2.24, 2.45) is 0 Å². The Morgan fingerprint density at radius 1 is 1.20 bits per heavy atom. The Kier molecular flexibility index (Phi) is 9.71. The van der Waals surface area contributed by atoms with E-state index in [1.54, 1.807) is 0 Å². The highest BCUT2D eigenvalue weighted by Crippen LogP contribution is 2.31. The Morgan fingerprint density at radius 2 is 1.80 bits per heavy atom. The van der Waals surface area contributed by atoms with Gasteiger partial charge in [0.2, 0.25) is 10.0 Å². The van der Waals surface area contributed by atoms with Crippen LogP contribution < -0.4 is 10.0 Å². The molecule has 0 spiro atoms. The molecule has 1 saturated heterocycles. The van der Waals surface area contributed by atoms with Crippen LogP contribution in [0.4, 0.5) is 13.2 Å². The molecule has 25 heavy (non-hydrogen) atoms. The topological polar surface area (TPSA) is 61.4 Å². The summed E-state index contributed by atoms with van der Waals surface area (Å²) >= 11 is 0. The highest BCUT2D eigenvalue weighted by molar-refractivity contribution is 7.89. The normalized spacial score (nSPS) is 16.0. The van der Waals surface area contributed by atoms with E-state index in [9.17, 15) is 21.6 Å². The lowest BCUT2D eigenvalue weighted by Gasteiger charge is -2.27. The van der Waals surface area contributed by atoms with Crippen LogP contribution in [-0.2, 0) is 16.2 Å². The molecule has 1 fully saturated rings. The number of aryl methyl sites for hydroxylation is 1. The van der Waals surface area contributed by atoms with Crippen molar-refractivity contribution in [3.8, 4) is 0 Å². The highest BCUT2D eigenvalue weighted by atomic mass is 35.5. The first kappa shape index (κ1) is 24.4. The number of hydrogen-bond donors (Lipinski definition) is 2. The van der Waals surface area contributed by atoms with Crippen LogP contribution in [0.1, 0.15) is 11.1 Å². The second kappa shape index (κ2) is 9.94. The van der Waals surface area contributed by atoms with E-state index in [0.29, 0.717) is 6.54 Å². The number of nitrogens with zero attached hydrogens (tertiary/aromatic N) is 1. The molecule has 2 N–H and O–H groups in total. The number of sulfonamides is 1. The van der Waals surface area contributed by atoms with Crippen molar-refractivity contribution in [2.45, 2.75) is 18.0 Å². The third-order valence-electron chi connectivity index (χ3n) is 3.72. The standard InChI is InChI=1S/C14H20F3N3O2S.2ClH/c1-11-10-12(14(15,16)17)2-3-13(11)23(21,22)19-6-9-20-7-4-18-5-8-20;;/h2-3,10,18-19H,4-9H2,1H3;2*1H. The maximum absolute atomic E-state index is 12.6. The van der Waals surface area contributed by atoms with Crippen molar-refractivity contribution >= 4 is 34.8 Å². The molecule has 0 aromatic heterocycles. The smallest absolute Gasteiger partial charge is 0.314 e. The summed E-state index contributed by atoms with van der Waals surface area (Å²) in [5.41, 5.74) is -0.774. The molecule has 11 heteroatoms. The molecule has 0 radical (unpaired) electrons. The van der Waals surface area contributed by atoms with Gasteiger partial charge in [-0.15, -0.1) is 24.8 Å². The number of alkyl halides is 3. The maximum atomic E-state index is 12.6. The Balaban J connectivity index is 0.00000288. The largest absolute Gasteiger partial charge is 0.416 e. The van der Waals surface area contributed by atoms with E-state index >= 15 is 0 Å². The van der Waals surface area contributed by atoms with Crippen LogP contribution in [0.25, 0.3) is 0 Å². The summed E-state index contributed by atoms with van der Waals surface area (Å²) in [6.45, 7) is 5.58. The van der Waals surface area contributed by atoms with E-state index in [0.717, 1.165) is 44.4 Å². The van der Waals surface area contributed by atoms with Crippen LogP contribution in [0.2, 0.25) is 0 Å². The second-order valence-electron chi connectivity index (χ2n) is 5.47. The predicted molar refractivity (Wildman–Crippen MR) is 95.2 cm³/mol. The van der Waals surface area contributed by atoms with Crippen molar-refractivity contribution in [2.75, 3.05) is 39.3 Å². The first-order valence-electron chi connectivity index (χ1n) is 7.31. The molecule has 1 aromatic rings. The van der Waals surface area contributed by atoms with Crippen molar-refractivity contribution in [1.29, 1.82) is 0 Å². The van der Waals surface area contributed by atoms with Crippen LogP contribution in [0.5, 0.6) is 0 Å². The summed E-state index contributed by atoms with van der Waals surface area (Å²) < 4.78 is 64.8. The van der Waals surface area contributed by atoms with Gasteiger partial charge < -0.3 is 5.32 Å². The Morgan fingerprint density at radius 3 is 2.32 bits per heavy atom. The van der Waals surface area contributed by atoms with Gasteiger partial charge in [0.15, 0.2) is 0 Å². The lowest BCUT2D eigenvalue weighted by atomic mass is 10.1. The predicted octanol–water partition coefficient (Wildman–Crippen LogP) is 2.04. The lowest BCUT2D eigenvalue weighted by molar-refractivity contribution is -0.137. The van der Waals surface area contributed by atoms with Gasteiger partial charge in [0.25, 0.3) is 0 Å². The fourth-order valence-corrected chi connectivity index (χ4v) is 3.72. The monoisotopic (exact) mass is 423 g/mol. The van der Waals surface area contributed by atoms with Crippen LogP contribution in [0.3, 0.4) is 0 Å². The van der Waals surface area contributed by atoms with E-state index in [1.807, 2.05) is 0 Å². The van der Waals surface area contributed by atoms with E-state index in [1.165, 1.54) is 6.92 Å². The minimum absolute atomic E-state index is 0. The zero-order valence-electron chi connectivity index (χ0n) is 13.6. The van der Waals surface area contributed by atoms with Gasteiger partial charge in [-0.1, -0.05) is 0 Å². The Hall–Kier alpha value is -0.580. The molecule has 2 rings (SSSR count). The molecule has 1 aliphatic heterocycles. The number of halogens is 5. The van der Waals surface area contributed by atoms with Gasteiger partial charge in [0, 0.05) is 39.3 Å². The lowest BCUT2D eigenvalue weighted by Crippen LogP contribution is -2.46. The molecule has 0 amide bonds. The fourth-order valence-electron chi connectivity index (χ4n) is 2.48. The average Bonchev–Trinajstić information content (AvgIpc) is 2.47. The summed E-state index contributed by atoms with van der Waals surface area (Å²) in [7, 11) is -3.81. The summed E-state index contributed by atoms with van der Waals surface area (Å²) in [5.74, 6) is 0. The van der Waals surface area contributed by atoms with Crippen LogP contribution in [0, 0.1) is 6.92 Å². The molecule has 5 nitrogen and oxygen atoms in total. The van der Waals surface area contributed by atoms with Crippen LogP contribution in [-0.4, -0.2) is 52.6 Å². The molecule has 0 bridgehead atoms. The summed E-state index contributed by atoms with van der Waals surface area (Å²) in [6, 6.07) is 2.65. The molecule has 0 aliphatic carbocycles. The number of nitrogens with one attached hydrogen (secondary N) is 2. The molecular formula is C14H22Cl2F3N3O2S. The van der Waals surface area contributed by atoms with Gasteiger partial charge in [-0.25, -0.2) is 13.1 Å². The van der Waals surface area contributed by atoms with Crippen LogP contribution >= 0.6 is 24.8 Å². The zero-order chi connectivity index (χ0) is 17.1. The van der Waals surface area contributed by atoms with Gasteiger partial charge in [0.1, 0.15) is 0 Å². The number of piperazine rings is 1. The number of rotatable bonds is 5. The quantitative estimate of drug-likeness (QED) is 0.760. The van der Waals surface area contributed by atoms with Crippen molar-refractivity contribution in [3.63, 3.8) is 0 Å². The third-order valence-corrected chi connectivity index (χ3v) is 5.34. The van der Waals surface area contributed by atoms with Crippen LogP contribution in [0.15, 0.2) is 23.1 Å². The van der Waals surface area contributed by atoms with Crippen molar-refractivity contribution in [3.05, 3.63) is 29.3 Å². The second-order valence-corrected chi connectivity index (χ2v) is 7.20. The third kappa shape index (κ3) is 6.92. The van der Waals surface area contributed by atoms with Gasteiger partial charge >= 0.3 is 6.18 Å². The minimum atomic E-state index is -4.48. The minimum Gasteiger partial charge on any atom is -0.314 e. The summed E-state index contributed by atoms with van der Waals surface area (Å²) in [5, 5.41) is 3.20. The molecule has 0 saturated carbocycles. The molecular weight excluding hydrogens is 402 g/mol. The molecule has 0 atom stereocenters. The zero-order valence-corrected chi connectivity index (χ0v) is 16.0. The summed E-state index contributed by atoms with van der Waals surface area (Å²) in [6.07, 6.45) is -4.48. The highest BCUT2D eigenvalue weighted by Gasteiger charge is 2.31. The van der Waals surface area contributed by atoms with E-state index in [-0.39, 0.29) is 41.8 Å². The summed E-state index contributed by atoms with van der Waals surface area (Å²) in [4.78, 5) is 2.00. The van der Waals surface area contributed by atoms with E-state index in [2.05, 4.69) is 14.9 Å². The molecule has 1 aromatic carbocycles. The number of benzene rings is 1. The average molecular weight is 424 g/mol. The molecule has 1 aliphatic rings. The molecule has 0 unspecified atom stereocenters. The SMILES string of the molecule is Cc1cc(C(F)(F)F)ccc1S(=O)(=O)NCCN1CCNCC1.Cl.Cl. The Labute approximate surface area is 158 Å². The van der Waals surface area contributed by atoms with Gasteiger partial charge in [-0.3, -0.25) is 4.90 Å².